The van der Waals surface area contributed by atoms with Crippen LogP contribution in [0.3, 0.4) is 0 Å². The van der Waals surface area contributed by atoms with Gasteiger partial charge in [0.25, 0.3) is 0 Å². The van der Waals surface area contributed by atoms with Crippen LogP contribution < -0.4 is 5.73 Å². The van der Waals surface area contributed by atoms with E-state index in [1.165, 1.54) is 6.07 Å². The second-order valence-electron chi connectivity index (χ2n) is 3.30. The van der Waals surface area contributed by atoms with Gasteiger partial charge < -0.3 is 10.5 Å². The van der Waals surface area contributed by atoms with Crippen molar-refractivity contribution in [1.29, 1.82) is 0 Å². The predicted octanol–water partition coefficient (Wildman–Crippen LogP) is 2.74. The van der Waals surface area contributed by atoms with Crippen LogP contribution in [-0.2, 0) is 4.74 Å². The van der Waals surface area contributed by atoms with Gasteiger partial charge in [0, 0.05) is 4.47 Å². The summed E-state index contributed by atoms with van der Waals surface area (Å²) in [6.45, 7) is 3.42. The first kappa shape index (κ1) is 12.0. The van der Waals surface area contributed by atoms with Crippen LogP contribution in [-0.4, -0.2) is 12.1 Å². The maximum atomic E-state index is 13.0. The van der Waals surface area contributed by atoms with E-state index in [2.05, 4.69) is 15.9 Å². The summed E-state index contributed by atoms with van der Waals surface area (Å²) in [7, 11) is 0. The minimum absolute atomic E-state index is 0.0376. The van der Waals surface area contributed by atoms with Crippen molar-refractivity contribution in [3.63, 3.8) is 0 Å². The molecule has 0 spiro atoms. The number of nitrogen functional groups attached to an aromatic ring is 1. The molecule has 0 radical (unpaired) electrons. The SMILES string of the molecule is CC(C)OC(=O)c1cc(F)cc(Br)c1N. The Labute approximate surface area is 95.5 Å². The molecule has 1 rings (SSSR count). The number of rotatable bonds is 2. The first-order valence-electron chi connectivity index (χ1n) is 4.37. The van der Waals surface area contributed by atoms with Gasteiger partial charge in [-0.3, -0.25) is 0 Å². The number of nitrogens with two attached hydrogens (primary N) is 1. The van der Waals surface area contributed by atoms with Crippen LogP contribution in [0.1, 0.15) is 24.2 Å². The highest BCUT2D eigenvalue weighted by atomic mass is 79.9. The monoisotopic (exact) mass is 275 g/mol. The molecule has 3 nitrogen and oxygen atoms in total. The molecule has 0 aliphatic carbocycles. The summed E-state index contributed by atoms with van der Waals surface area (Å²) in [6, 6.07) is 2.26. The number of carbonyl (C=O) groups excluding carboxylic acids is 1. The van der Waals surface area contributed by atoms with E-state index in [1.807, 2.05) is 0 Å². The van der Waals surface area contributed by atoms with Crippen LogP contribution in [0, 0.1) is 5.82 Å². The lowest BCUT2D eigenvalue weighted by Gasteiger charge is -2.10. The third kappa shape index (κ3) is 2.92. The zero-order chi connectivity index (χ0) is 11.6. The molecule has 0 unspecified atom stereocenters. The van der Waals surface area contributed by atoms with E-state index in [4.69, 9.17) is 10.5 Å². The van der Waals surface area contributed by atoms with Gasteiger partial charge in [0.2, 0.25) is 0 Å². The van der Waals surface area contributed by atoms with E-state index >= 15 is 0 Å². The quantitative estimate of drug-likeness (QED) is 0.667. The first-order chi connectivity index (χ1) is 6.91. The molecule has 0 aliphatic heterocycles. The second-order valence-corrected chi connectivity index (χ2v) is 4.16. The topological polar surface area (TPSA) is 52.3 Å². The molecule has 0 heterocycles. The van der Waals surface area contributed by atoms with Crippen molar-refractivity contribution < 1.29 is 13.9 Å². The Bertz CT molecular complexity index is 393. The Morgan fingerprint density at radius 3 is 2.67 bits per heavy atom. The molecule has 1 aromatic rings. The molecule has 0 aliphatic rings. The summed E-state index contributed by atoms with van der Waals surface area (Å²) in [5.74, 6) is -1.16. The van der Waals surface area contributed by atoms with Gasteiger partial charge in [-0.15, -0.1) is 0 Å². The smallest absolute Gasteiger partial charge is 0.340 e. The summed E-state index contributed by atoms with van der Waals surface area (Å²) < 4.78 is 18.3. The van der Waals surface area contributed by atoms with Crippen LogP contribution >= 0.6 is 15.9 Å². The number of esters is 1. The van der Waals surface area contributed by atoms with Crippen molar-refractivity contribution in [2.45, 2.75) is 20.0 Å². The van der Waals surface area contributed by atoms with E-state index in [0.717, 1.165) is 6.07 Å². The molecule has 0 aromatic heterocycles. The molecule has 0 fully saturated rings. The van der Waals surface area contributed by atoms with E-state index in [0.29, 0.717) is 4.47 Å². The fourth-order valence-electron chi connectivity index (χ4n) is 1.03. The highest BCUT2D eigenvalue weighted by Gasteiger charge is 2.16. The molecule has 1 aromatic carbocycles. The highest BCUT2D eigenvalue weighted by Crippen LogP contribution is 2.25. The van der Waals surface area contributed by atoms with Crippen molar-refractivity contribution in [2.24, 2.45) is 0 Å². The number of benzene rings is 1. The first-order valence-corrected chi connectivity index (χ1v) is 5.16. The Morgan fingerprint density at radius 2 is 2.13 bits per heavy atom. The maximum Gasteiger partial charge on any atom is 0.340 e. The largest absolute Gasteiger partial charge is 0.459 e. The molecule has 0 atom stereocenters. The molecule has 0 saturated carbocycles. The minimum Gasteiger partial charge on any atom is -0.459 e. The van der Waals surface area contributed by atoms with Gasteiger partial charge >= 0.3 is 5.97 Å². The van der Waals surface area contributed by atoms with Crippen LogP contribution in [0.4, 0.5) is 10.1 Å². The fourth-order valence-corrected chi connectivity index (χ4v) is 1.46. The maximum absolute atomic E-state index is 13.0. The standard InChI is InChI=1S/C10H11BrFNO2/c1-5(2)15-10(14)7-3-6(12)4-8(11)9(7)13/h3-5H,13H2,1-2H3. The average Bonchev–Trinajstić information content (AvgIpc) is 2.09. The van der Waals surface area contributed by atoms with E-state index < -0.39 is 11.8 Å². The van der Waals surface area contributed by atoms with Gasteiger partial charge in [-0.25, -0.2) is 9.18 Å². The van der Waals surface area contributed by atoms with Gasteiger partial charge in [-0.2, -0.15) is 0 Å². The van der Waals surface area contributed by atoms with Gasteiger partial charge in [0.15, 0.2) is 0 Å². The van der Waals surface area contributed by atoms with Crippen molar-refractivity contribution in [3.8, 4) is 0 Å². The summed E-state index contributed by atoms with van der Waals surface area (Å²) in [6.07, 6.45) is -0.265. The highest BCUT2D eigenvalue weighted by molar-refractivity contribution is 9.10. The number of anilines is 1. The third-order valence-corrected chi connectivity index (χ3v) is 2.31. The minimum atomic E-state index is -0.622. The summed E-state index contributed by atoms with van der Waals surface area (Å²) in [5, 5.41) is 0. The van der Waals surface area contributed by atoms with E-state index in [1.54, 1.807) is 13.8 Å². The van der Waals surface area contributed by atoms with Crippen molar-refractivity contribution in [3.05, 3.63) is 28.0 Å². The van der Waals surface area contributed by atoms with Crippen molar-refractivity contribution >= 4 is 27.6 Å². The lowest BCUT2D eigenvalue weighted by molar-refractivity contribution is 0.0378. The number of halogens is 2. The van der Waals surface area contributed by atoms with Crippen LogP contribution in [0.15, 0.2) is 16.6 Å². The molecular weight excluding hydrogens is 265 g/mol. The van der Waals surface area contributed by atoms with Crippen molar-refractivity contribution in [1.82, 2.24) is 0 Å². The average molecular weight is 276 g/mol. The zero-order valence-corrected chi connectivity index (χ0v) is 9.97. The Hall–Kier alpha value is -1.10. The number of ether oxygens (including phenoxy) is 1. The molecule has 2 N–H and O–H groups in total. The van der Waals surface area contributed by atoms with Gasteiger partial charge in [0.1, 0.15) is 5.82 Å². The second kappa shape index (κ2) is 4.61. The van der Waals surface area contributed by atoms with E-state index in [-0.39, 0.29) is 17.4 Å². The van der Waals surface area contributed by atoms with Crippen molar-refractivity contribution in [2.75, 3.05) is 5.73 Å². The summed E-state index contributed by atoms with van der Waals surface area (Å²) >= 11 is 3.06. The summed E-state index contributed by atoms with van der Waals surface area (Å²) in [5.41, 5.74) is 5.83. The summed E-state index contributed by atoms with van der Waals surface area (Å²) in [4.78, 5) is 11.5. The van der Waals surface area contributed by atoms with E-state index in [9.17, 15) is 9.18 Å². The molecule has 0 amide bonds. The van der Waals surface area contributed by atoms with Crippen LogP contribution in [0.25, 0.3) is 0 Å². The number of hydrogen-bond donors (Lipinski definition) is 1. The normalized spacial score (nSPS) is 10.5. The fraction of sp³-hybridized carbons (Fsp3) is 0.300. The number of hydrogen-bond acceptors (Lipinski definition) is 3. The van der Waals surface area contributed by atoms with Crippen LogP contribution in [0.2, 0.25) is 0 Å². The molecule has 82 valence electrons. The Balaban J connectivity index is 3.08. The Morgan fingerprint density at radius 1 is 1.53 bits per heavy atom. The van der Waals surface area contributed by atoms with Gasteiger partial charge in [-0.05, 0) is 41.9 Å². The molecule has 5 heteroatoms. The molecule has 15 heavy (non-hydrogen) atoms. The Kier molecular flexibility index (Phi) is 3.68. The van der Waals surface area contributed by atoms with Crippen LogP contribution in [0.5, 0.6) is 0 Å². The lowest BCUT2D eigenvalue weighted by atomic mass is 10.2. The number of carbonyl (C=O) groups is 1. The third-order valence-electron chi connectivity index (χ3n) is 1.66. The molecular formula is C10H11BrFNO2. The zero-order valence-electron chi connectivity index (χ0n) is 8.38. The molecule has 0 saturated heterocycles. The molecule has 0 bridgehead atoms. The van der Waals surface area contributed by atoms with Gasteiger partial charge in [-0.1, -0.05) is 0 Å². The van der Waals surface area contributed by atoms with Gasteiger partial charge in [0.05, 0.1) is 17.4 Å². The lowest BCUT2D eigenvalue weighted by Crippen LogP contribution is -2.14. The predicted molar refractivity (Wildman–Crippen MR) is 59.1 cm³/mol.